The largest absolute Gasteiger partial charge is 0.872 e. The van der Waals surface area contributed by atoms with Crippen molar-refractivity contribution in [1.29, 1.82) is 0 Å². The summed E-state index contributed by atoms with van der Waals surface area (Å²) < 4.78 is 0. The zero-order valence-corrected chi connectivity index (χ0v) is 30.5. The quantitative estimate of drug-likeness (QED) is 0.0689. The Morgan fingerprint density at radius 3 is 0.667 bits per heavy atom. The second-order valence-electron chi connectivity index (χ2n) is 9.30. The van der Waals surface area contributed by atoms with Crippen LogP contribution >= 0.6 is 0 Å². The van der Waals surface area contributed by atoms with E-state index in [0.717, 1.165) is 0 Å². The molecule has 0 spiro atoms. The molecule has 0 heterocycles. The van der Waals surface area contributed by atoms with Crippen molar-refractivity contribution in [2.24, 2.45) is 0 Å². The molecular formula is C27H55O23Zn-. The van der Waals surface area contributed by atoms with E-state index in [2.05, 4.69) is 0 Å². The Morgan fingerprint density at radius 1 is 0.412 bits per heavy atom. The number of rotatable bonds is 16. The number of para-hydroxylation sites is 1. The van der Waals surface area contributed by atoms with Gasteiger partial charge in [0.05, 0.1) is 71.6 Å². The van der Waals surface area contributed by atoms with Crippen molar-refractivity contribution in [2.45, 2.75) is 61.0 Å². The first-order valence-corrected chi connectivity index (χ1v) is 14.2. The smallest absolute Gasteiger partial charge is 0.335 e. The molecule has 1 aromatic carbocycles. The van der Waals surface area contributed by atoms with Gasteiger partial charge in [-0.1, -0.05) is 23.9 Å². The van der Waals surface area contributed by atoms with Gasteiger partial charge in [0.1, 0.15) is 61.0 Å². The molecule has 0 aliphatic heterocycles. The number of carboxylic acids is 1. The van der Waals surface area contributed by atoms with Crippen LogP contribution in [0.2, 0.25) is 0 Å². The number of carbonyl (C=O) groups is 1. The molecule has 0 bridgehead atoms. The van der Waals surface area contributed by atoms with E-state index in [-0.39, 0.29) is 25.0 Å². The van der Waals surface area contributed by atoms with Crippen molar-refractivity contribution < 1.29 is 137 Å². The number of hydrogen-bond donors (Lipinski definition) is 21. The Hall–Kier alpha value is -1.69. The Balaban J connectivity index is -0.000000119. The molecule has 304 valence electrons. The molecule has 10 atom stereocenters. The van der Waals surface area contributed by atoms with Gasteiger partial charge in [-0.2, -0.15) is 0 Å². The summed E-state index contributed by atoms with van der Waals surface area (Å²) in [4.78, 5) is 10.2. The van der Waals surface area contributed by atoms with Crippen LogP contribution in [0.5, 0.6) is 5.75 Å². The first kappa shape index (κ1) is 61.4. The van der Waals surface area contributed by atoms with E-state index in [9.17, 15) is 9.90 Å². The van der Waals surface area contributed by atoms with E-state index < -0.39 is 139 Å². The first-order valence-electron chi connectivity index (χ1n) is 14.2. The van der Waals surface area contributed by atoms with Gasteiger partial charge in [0.15, 0.2) is 0 Å². The summed E-state index contributed by atoms with van der Waals surface area (Å²) in [5.74, 6) is -1.62. The van der Waals surface area contributed by atoms with Crippen LogP contribution in [-0.4, -0.2) is 240 Å². The second kappa shape index (κ2) is 41.1. The molecule has 0 saturated carbocycles. The molecule has 1 rings (SSSR count). The predicted molar refractivity (Wildman–Crippen MR) is 164 cm³/mol. The van der Waals surface area contributed by atoms with E-state index in [0.29, 0.717) is 0 Å². The maximum Gasteiger partial charge on any atom is 0.335 e. The molecule has 24 heteroatoms. The molecule has 0 saturated heterocycles. The summed E-state index contributed by atoms with van der Waals surface area (Å²) in [5.41, 5.74) is -0.178. The molecular weight excluding hydrogens is 758 g/mol. The molecule has 0 aliphatic rings. The van der Waals surface area contributed by atoms with Crippen LogP contribution in [0.1, 0.15) is 10.4 Å². The third-order valence-corrected chi connectivity index (χ3v) is 5.21. The first-order chi connectivity index (χ1) is 23.3. The third kappa shape index (κ3) is 36.5. The molecule has 0 unspecified atom stereocenters. The molecule has 0 aromatic heterocycles. The molecule has 21 N–H and O–H groups in total. The van der Waals surface area contributed by atoms with Crippen LogP contribution in [0.25, 0.3) is 0 Å². The van der Waals surface area contributed by atoms with Crippen molar-refractivity contribution >= 4 is 5.97 Å². The number of carboxylic acid groups (broad SMARTS) is 1. The summed E-state index contributed by atoms with van der Waals surface area (Å²) in [7, 11) is 0. The fraction of sp³-hybridized carbons (Fsp3) is 0.741. The molecule has 51 heavy (non-hydrogen) atoms. The van der Waals surface area contributed by atoms with Gasteiger partial charge in [-0.3, -0.25) is 0 Å². The Labute approximate surface area is 305 Å². The number of hydrogen-bond acceptors (Lipinski definition) is 22. The molecule has 0 aliphatic carbocycles. The monoisotopic (exact) mass is 811 g/mol. The zero-order chi connectivity index (χ0) is 40.4. The minimum Gasteiger partial charge on any atom is -0.872 e. The van der Waals surface area contributed by atoms with E-state index in [1.54, 1.807) is 0 Å². The van der Waals surface area contributed by atoms with Gasteiger partial charge in [0, 0.05) is 19.5 Å². The van der Waals surface area contributed by atoms with Crippen LogP contribution in [0.3, 0.4) is 0 Å². The molecule has 0 amide bonds. The number of aliphatic hydroxyl groups is 20. The summed E-state index contributed by atoms with van der Waals surface area (Å²) in [6, 6.07) is 5.54. The van der Waals surface area contributed by atoms with Gasteiger partial charge in [0.25, 0.3) is 0 Å². The van der Waals surface area contributed by atoms with Gasteiger partial charge in [-0.15, -0.1) is 0 Å². The predicted octanol–water partition coefficient (Wildman–Crippen LogP) is -11.1. The standard InChI is InChI=1S/C7H6O3.5C4H10O4.Zn/c8-6-4-2-1-3-5(6)7(9)10;5*5-1-3(7)4(8)2-6;/h1-4,8H,(H,9,10);5*3-8H,1-2H2;/p-1/t;5*3-,4+;. The van der Waals surface area contributed by atoms with Gasteiger partial charge < -0.3 is 112 Å². The van der Waals surface area contributed by atoms with E-state index in [4.69, 9.17) is 107 Å². The normalized spacial score (nSPS) is 15.9. The van der Waals surface area contributed by atoms with Crippen LogP contribution in [0.15, 0.2) is 24.3 Å². The van der Waals surface area contributed by atoms with Crippen LogP contribution in [0, 0.1) is 0 Å². The molecule has 1 aromatic rings. The summed E-state index contributed by atoms with van der Waals surface area (Å²) in [5, 5.41) is 185. The second-order valence-corrected chi connectivity index (χ2v) is 9.30. The SMILES string of the molecule is O=C(O)c1ccccc1[O-].OC[C@@H](O)[C@@H](O)CO.OC[C@@H](O)[C@@H](O)CO.OC[C@@H](O)[C@@H](O)CO.OC[C@@H](O)[C@@H](O)CO.OC[C@@H](O)[C@@H](O)CO.[Zn]. The van der Waals surface area contributed by atoms with Crippen molar-refractivity contribution in [3.8, 4) is 5.75 Å². The minimum atomic E-state index is -1.22. The minimum absolute atomic E-state index is 0. The van der Waals surface area contributed by atoms with Gasteiger partial charge in [-0.25, -0.2) is 4.79 Å². The van der Waals surface area contributed by atoms with Crippen molar-refractivity contribution in [1.82, 2.24) is 0 Å². The van der Waals surface area contributed by atoms with Crippen LogP contribution in [-0.2, 0) is 19.5 Å². The van der Waals surface area contributed by atoms with Crippen molar-refractivity contribution in [2.75, 3.05) is 66.1 Å². The Bertz CT molecular complexity index is 728. The zero-order valence-electron chi connectivity index (χ0n) is 27.6. The molecule has 23 nitrogen and oxygen atoms in total. The molecule has 0 fully saturated rings. The molecule has 0 radical (unpaired) electrons. The van der Waals surface area contributed by atoms with Gasteiger partial charge >= 0.3 is 5.97 Å². The fourth-order valence-corrected chi connectivity index (χ4v) is 1.86. The van der Waals surface area contributed by atoms with Crippen molar-refractivity contribution in [3.05, 3.63) is 29.8 Å². The summed E-state index contributed by atoms with van der Waals surface area (Å²) in [6.07, 6.45) is -12.2. The number of aromatic carboxylic acids is 1. The average molecular weight is 813 g/mol. The average Bonchev–Trinajstić information content (AvgIpc) is 3.15. The number of aliphatic hydroxyl groups excluding tert-OH is 20. The van der Waals surface area contributed by atoms with E-state index in [1.165, 1.54) is 24.3 Å². The number of benzene rings is 1. The van der Waals surface area contributed by atoms with Crippen molar-refractivity contribution in [3.63, 3.8) is 0 Å². The van der Waals surface area contributed by atoms with E-state index >= 15 is 0 Å². The fourth-order valence-electron chi connectivity index (χ4n) is 1.86. The van der Waals surface area contributed by atoms with Gasteiger partial charge in [-0.05, 0) is 6.07 Å². The topological polar surface area (TPSA) is 465 Å². The summed E-state index contributed by atoms with van der Waals surface area (Å²) in [6.45, 7) is -5.26. The summed E-state index contributed by atoms with van der Waals surface area (Å²) >= 11 is 0. The van der Waals surface area contributed by atoms with Crippen LogP contribution in [0.4, 0.5) is 0 Å². The Morgan fingerprint density at radius 2 is 0.569 bits per heavy atom. The Kier molecular flexibility index (Phi) is 49.4. The van der Waals surface area contributed by atoms with Gasteiger partial charge in [0.2, 0.25) is 0 Å². The third-order valence-electron chi connectivity index (χ3n) is 5.21. The maximum atomic E-state index is 10.7. The van der Waals surface area contributed by atoms with E-state index in [1.807, 2.05) is 0 Å². The van der Waals surface area contributed by atoms with Crippen LogP contribution < -0.4 is 5.11 Å². The maximum absolute atomic E-state index is 10.7.